The second kappa shape index (κ2) is 6.93. The summed E-state index contributed by atoms with van der Waals surface area (Å²) in [5, 5.41) is 18.3. The predicted octanol–water partition coefficient (Wildman–Crippen LogP) is 5.10. The Kier molecular flexibility index (Phi) is 4.81. The molecule has 4 nitrogen and oxygen atoms in total. The van der Waals surface area contributed by atoms with Crippen LogP contribution in [0, 0.1) is 28.5 Å². The first-order valence-corrected chi connectivity index (χ1v) is 8.31. The number of carbonyl (C=O) groups excluding carboxylic acids is 1. The number of carbonyl (C=O) groups is 1. The third kappa shape index (κ3) is 3.74. The Balaban J connectivity index is 2.10. The van der Waals surface area contributed by atoms with Crippen molar-refractivity contribution in [2.24, 2.45) is 0 Å². The van der Waals surface area contributed by atoms with Gasteiger partial charge in [-0.15, -0.1) is 0 Å². The molecule has 0 saturated heterocycles. The SMILES string of the molecule is N#Cc1cc(F)cc(C#N)c1Oc1ccc(SC(F)(F)F)c2c1CCC2=O. The van der Waals surface area contributed by atoms with Crippen LogP contribution in [0.15, 0.2) is 29.2 Å². The van der Waals surface area contributed by atoms with Gasteiger partial charge in [0, 0.05) is 22.4 Å². The highest BCUT2D eigenvalue weighted by Crippen LogP contribution is 2.45. The number of ketones is 1. The summed E-state index contributed by atoms with van der Waals surface area (Å²) >= 11 is -0.389. The molecule has 0 unspecified atom stereocenters. The molecule has 0 saturated carbocycles. The molecule has 0 fully saturated rings. The summed E-state index contributed by atoms with van der Waals surface area (Å²) in [6.45, 7) is 0. The van der Waals surface area contributed by atoms with Crippen LogP contribution >= 0.6 is 11.8 Å². The quantitative estimate of drug-likeness (QED) is 0.537. The fourth-order valence-corrected chi connectivity index (χ4v) is 3.53. The van der Waals surface area contributed by atoms with Crippen LogP contribution in [0.1, 0.15) is 33.5 Å². The van der Waals surface area contributed by atoms with E-state index in [-0.39, 0.29) is 63.3 Å². The molecule has 0 aromatic heterocycles. The van der Waals surface area contributed by atoms with Crippen LogP contribution < -0.4 is 4.74 Å². The lowest BCUT2D eigenvalue weighted by Gasteiger charge is -2.15. The zero-order chi connectivity index (χ0) is 19.8. The summed E-state index contributed by atoms with van der Waals surface area (Å²) in [4.78, 5) is 11.8. The number of ether oxygens (including phenoxy) is 1. The van der Waals surface area contributed by atoms with Crippen molar-refractivity contribution in [3.05, 3.63) is 52.3 Å². The maximum absolute atomic E-state index is 13.5. The number of hydrogen-bond acceptors (Lipinski definition) is 5. The minimum absolute atomic E-state index is 0.0285. The molecule has 0 amide bonds. The lowest BCUT2D eigenvalue weighted by molar-refractivity contribution is -0.0328. The molecule has 0 atom stereocenters. The summed E-state index contributed by atoms with van der Waals surface area (Å²) < 4.78 is 57.3. The number of nitriles is 2. The van der Waals surface area contributed by atoms with Crippen LogP contribution in [0.2, 0.25) is 0 Å². The number of thioether (sulfide) groups is 1. The van der Waals surface area contributed by atoms with Gasteiger partial charge in [0.2, 0.25) is 0 Å². The number of halogens is 4. The minimum atomic E-state index is -4.56. The lowest BCUT2D eigenvalue weighted by atomic mass is 10.1. The first-order chi connectivity index (χ1) is 12.7. The van der Waals surface area contributed by atoms with Crippen LogP contribution in [-0.4, -0.2) is 11.3 Å². The summed E-state index contributed by atoms with van der Waals surface area (Å²) in [6, 6.07) is 7.55. The van der Waals surface area contributed by atoms with Gasteiger partial charge in [0.05, 0.1) is 11.1 Å². The Bertz CT molecular complexity index is 1000. The van der Waals surface area contributed by atoms with Gasteiger partial charge in [0.1, 0.15) is 23.7 Å². The van der Waals surface area contributed by atoms with Gasteiger partial charge in [-0.1, -0.05) is 0 Å². The van der Waals surface area contributed by atoms with E-state index >= 15 is 0 Å². The van der Waals surface area contributed by atoms with E-state index in [4.69, 9.17) is 15.3 Å². The molecule has 1 aliphatic rings. The van der Waals surface area contributed by atoms with Crippen molar-refractivity contribution >= 4 is 17.5 Å². The average molecular weight is 392 g/mol. The van der Waals surface area contributed by atoms with Crippen molar-refractivity contribution in [2.75, 3.05) is 0 Å². The molecule has 0 bridgehead atoms. The van der Waals surface area contributed by atoms with Crippen molar-refractivity contribution in [1.82, 2.24) is 0 Å². The Labute approximate surface area is 155 Å². The Morgan fingerprint density at radius 2 is 1.70 bits per heavy atom. The molecule has 0 heterocycles. The summed E-state index contributed by atoms with van der Waals surface area (Å²) in [6.07, 6.45) is 0.196. The van der Waals surface area contributed by atoms with E-state index in [1.807, 2.05) is 0 Å². The predicted molar refractivity (Wildman–Crippen MR) is 86.9 cm³/mol. The van der Waals surface area contributed by atoms with Gasteiger partial charge < -0.3 is 4.74 Å². The van der Waals surface area contributed by atoms with Gasteiger partial charge in [-0.2, -0.15) is 23.7 Å². The lowest BCUT2D eigenvalue weighted by Crippen LogP contribution is -2.04. The maximum Gasteiger partial charge on any atom is 0.446 e. The van der Waals surface area contributed by atoms with E-state index in [1.165, 1.54) is 6.07 Å². The van der Waals surface area contributed by atoms with E-state index in [9.17, 15) is 22.4 Å². The molecular formula is C18H8F4N2O2S. The third-order valence-corrected chi connectivity index (χ3v) is 4.64. The second-order valence-corrected chi connectivity index (χ2v) is 6.65. The monoisotopic (exact) mass is 392 g/mol. The Morgan fingerprint density at radius 1 is 1.07 bits per heavy atom. The second-order valence-electron chi connectivity index (χ2n) is 5.54. The number of rotatable bonds is 3. The van der Waals surface area contributed by atoms with E-state index < -0.39 is 17.1 Å². The highest BCUT2D eigenvalue weighted by atomic mass is 32.2. The Hall–Kier alpha value is -3.04. The fraction of sp³-hybridized carbons (Fsp3) is 0.167. The summed E-state index contributed by atoms with van der Waals surface area (Å²) in [7, 11) is 0. The third-order valence-electron chi connectivity index (χ3n) is 3.84. The molecule has 0 spiro atoms. The topological polar surface area (TPSA) is 73.9 Å². The maximum atomic E-state index is 13.5. The van der Waals surface area contributed by atoms with Gasteiger partial charge in [0.15, 0.2) is 11.5 Å². The molecule has 1 aliphatic carbocycles. The number of Topliss-reactive ketones (excluding diaryl/α,β-unsaturated/α-hetero) is 1. The first-order valence-electron chi connectivity index (χ1n) is 7.50. The van der Waals surface area contributed by atoms with E-state index in [1.54, 1.807) is 12.1 Å². The van der Waals surface area contributed by atoms with Gasteiger partial charge in [-0.25, -0.2) is 4.39 Å². The van der Waals surface area contributed by atoms with Gasteiger partial charge in [-0.05, 0) is 42.4 Å². The van der Waals surface area contributed by atoms with Crippen LogP contribution in [0.3, 0.4) is 0 Å². The summed E-state index contributed by atoms with van der Waals surface area (Å²) in [5.41, 5.74) is -4.84. The Morgan fingerprint density at radius 3 is 2.26 bits per heavy atom. The first kappa shape index (κ1) is 18.7. The van der Waals surface area contributed by atoms with E-state index in [0.717, 1.165) is 18.2 Å². The highest BCUT2D eigenvalue weighted by Gasteiger charge is 2.35. The van der Waals surface area contributed by atoms with Crippen LogP contribution in [0.5, 0.6) is 11.5 Å². The highest BCUT2D eigenvalue weighted by molar-refractivity contribution is 8.00. The molecule has 3 rings (SSSR count). The zero-order valence-electron chi connectivity index (χ0n) is 13.4. The molecular weight excluding hydrogens is 384 g/mol. The van der Waals surface area contributed by atoms with Crippen molar-refractivity contribution in [3.63, 3.8) is 0 Å². The standard InChI is InChI=1S/C18H8F4N2O2S/c19-11-5-9(7-23)17(10(6-11)8-24)26-14-3-4-15(27-18(20,21)22)16-12(14)1-2-13(16)25/h3-6H,1-2H2. The molecule has 136 valence electrons. The van der Waals surface area contributed by atoms with Crippen molar-refractivity contribution in [3.8, 4) is 23.6 Å². The number of benzene rings is 2. The van der Waals surface area contributed by atoms with Gasteiger partial charge >= 0.3 is 5.51 Å². The largest absolute Gasteiger partial charge is 0.454 e. The number of fused-ring (bicyclic) bond motifs is 1. The number of hydrogen-bond donors (Lipinski definition) is 0. The molecule has 2 aromatic carbocycles. The van der Waals surface area contributed by atoms with Gasteiger partial charge in [-0.3, -0.25) is 4.79 Å². The fourth-order valence-electron chi connectivity index (χ4n) is 2.81. The van der Waals surface area contributed by atoms with Crippen molar-refractivity contribution < 1.29 is 27.1 Å². The molecule has 0 radical (unpaired) electrons. The minimum Gasteiger partial charge on any atom is -0.454 e. The number of nitrogens with zero attached hydrogens (tertiary/aromatic N) is 2. The van der Waals surface area contributed by atoms with E-state index in [0.29, 0.717) is 0 Å². The van der Waals surface area contributed by atoms with E-state index in [2.05, 4.69) is 0 Å². The van der Waals surface area contributed by atoms with Crippen LogP contribution in [0.4, 0.5) is 17.6 Å². The smallest absolute Gasteiger partial charge is 0.446 e. The molecule has 2 aromatic rings. The number of alkyl halides is 3. The van der Waals surface area contributed by atoms with Crippen LogP contribution in [-0.2, 0) is 6.42 Å². The zero-order valence-corrected chi connectivity index (χ0v) is 14.2. The van der Waals surface area contributed by atoms with Crippen molar-refractivity contribution in [2.45, 2.75) is 23.2 Å². The summed E-state index contributed by atoms with van der Waals surface area (Å²) in [5.74, 6) is -1.39. The van der Waals surface area contributed by atoms with Crippen molar-refractivity contribution in [1.29, 1.82) is 10.5 Å². The molecule has 0 aliphatic heterocycles. The normalized spacial score (nSPS) is 13.0. The molecule has 9 heteroatoms. The molecule has 0 N–H and O–H groups in total. The average Bonchev–Trinajstić information content (AvgIpc) is 2.99. The van der Waals surface area contributed by atoms with Crippen LogP contribution in [0.25, 0.3) is 0 Å². The molecule has 27 heavy (non-hydrogen) atoms. The van der Waals surface area contributed by atoms with Gasteiger partial charge in [0.25, 0.3) is 0 Å².